The lowest BCUT2D eigenvalue weighted by Crippen LogP contribution is -2.38. The van der Waals surface area contributed by atoms with E-state index in [1.54, 1.807) is 25.1 Å². The summed E-state index contributed by atoms with van der Waals surface area (Å²) < 4.78 is 9.92. The zero-order valence-electron chi connectivity index (χ0n) is 13.6. The zero-order valence-corrected chi connectivity index (χ0v) is 13.6. The van der Waals surface area contributed by atoms with E-state index in [-0.39, 0.29) is 18.2 Å². The summed E-state index contributed by atoms with van der Waals surface area (Å²) >= 11 is 0. The topological polar surface area (TPSA) is 111 Å². The molecule has 1 rings (SSSR count). The molecule has 1 aromatic carbocycles. The second kappa shape index (κ2) is 9.98. The molecule has 0 unspecified atom stereocenters. The Balaban J connectivity index is 2.29. The quantitative estimate of drug-likeness (QED) is 0.487. The molecule has 0 aliphatic carbocycles. The molecule has 0 aromatic heterocycles. The van der Waals surface area contributed by atoms with Gasteiger partial charge in [0, 0.05) is 12.1 Å². The van der Waals surface area contributed by atoms with E-state index in [9.17, 15) is 19.2 Å². The van der Waals surface area contributed by atoms with Gasteiger partial charge in [-0.05, 0) is 26.0 Å². The van der Waals surface area contributed by atoms with Crippen LogP contribution in [0.15, 0.2) is 24.3 Å². The second-order valence-electron chi connectivity index (χ2n) is 4.76. The first kappa shape index (κ1) is 19.1. The van der Waals surface area contributed by atoms with Crippen molar-refractivity contribution >= 4 is 23.6 Å². The first-order chi connectivity index (χ1) is 11.4. The van der Waals surface area contributed by atoms with E-state index >= 15 is 0 Å². The maximum absolute atomic E-state index is 11.5. The van der Waals surface area contributed by atoms with Crippen LogP contribution in [0.4, 0.5) is 0 Å². The van der Waals surface area contributed by atoms with Gasteiger partial charge < -0.3 is 20.1 Å². The first-order valence-electron chi connectivity index (χ1n) is 7.35. The van der Waals surface area contributed by atoms with Crippen LogP contribution in [-0.4, -0.2) is 49.9 Å². The van der Waals surface area contributed by atoms with Gasteiger partial charge in [0.1, 0.15) is 5.75 Å². The maximum atomic E-state index is 11.5. The Morgan fingerprint density at radius 2 is 1.79 bits per heavy atom. The smallest absolute Gasteiger partial charge is 0.344 e. The number of benzene rings is 1. The number of Topliss-reactive ketones (excluding diaryl/α,β-unsaturated/α-hetero) is 1. The molecule has 0 bridgehead atoms. The Labute approximate surface area is 139 Å². The lowest BCUT2D eigenvalue weighted by molar-refractivity contribution is -0.150. The van der Waals surface area contributed by atoms with Gasteiger partial charge in [-0.1, -0.05) is 12.1 Å². The molecule has 0 radical (unpaired) electrons. The van der Waals surface area contributed by atoms with Gasteiger partial charge in [0.25, 0.3) is 5.91 Å². The number of amides is 2. The molecule has 0 aliphatic rings. The van der Waals surface area contributed by atoms with Crippen molar-refractivity contribution in [1.82, 2.24) is 10.6 Å². The third kappa shape index (κ3) is 7.39. The average molecular weight is 336 g/mol. The normalized spacial score (nSPS) is 9.75. The summed E-state index contributed by atoms with van der Waals surface area (Å²) in [5.74, 6) is -1.43. The number of ketones is 1. The molecule has 2 amide bonds. The van der Waals surface area contributed by atoms with E-state index in [0.29, 0.717) is 17.9 Å². The van der Waals surface area contributed by atoms with Crippen LogP contribution in [0, 0.1) is 0 Å². The van der Waals surface area contributed by atoms with E-state index in [0.717, 1.165) is 0 Å². The van der Waals surface area contributed by atoms with E-state index in [2.05, 4.69) is 10.6 Å². The molecule has 0 aliphatic heterocycles. The molecular formula is C16H20N2O6. The van der Waals surface area contributed by atoms with Crippen LogP contribution in [0.25, 0.3) is 0 Å². The van der Waals surface area contributed by atoms with Gasteiger partial charge in [-0.25, -0.2) is 4.79 Å². The molecule has 0 saturated heterocycles. The van der Waals surface area contributed by atoms with E-state index in [4.69, 9.17) is 9.47 Å². The molecule has 8 nitrogen and oxygen atoms in total. The van der Waals surface area contributed by atoms with Crippen molar-refractivity contribution in [3.8, 4) is 5.75 Å². The van der Waals surface area contributed by atoms with Gasteiger partial charge >= 0.3 is 5.97 Å². The van der Waals surface area contributed by atoms with Gasteiger partial charge in [-0.15, -0.1) is 0 Å². The number of carbonyl (C=O) groups excluding carboxylic acids is 4. The summed E-state index contributed by atoms with van der Waals surface area (Å²) in [6, 6.07) is 6.37. The zero-order chi connectivity index (χ0) is 17.9. The fraction of sp³-hybridized carbons (Fsp3) is 0.375. The molecule has 8 heteroatoms. The van der Waals surface area contributed by atoms with Crippen LogP contribution in [0.2, 0.25) is 0 Å². The van der Waals surface area contributed by atoms with E-state index in [1.807, 2.05) is 0 Å². The van der Waals surface area contributed by atoms with Crippen molar-refractivity contribution in [3.05, 3.63) is 29.8 Å². The number of ether oxygens (including phenoxy) is 2. The van der Waals surface area contributed by atoms with E-state index < -0.39 is 25.1 Å². The molecule has 0 spiro atoms. The SMILES string of the molecule is CCNC(=O)CNC(=O)COC(=O)COc1cccc(C(C)=O)c1. The monoisotopic (exact) mass is 336 g/mol. The lowest BCUT2D eigenvalue weighted by Gasteiger charge is -2.08. The number of esters is 1. The summed E-state index contributed by atoms with van der Waals surface area (Å²) in [6.45, 7) is 2.56. The number of likely N-dealkylation sites (N-methyl/N-ethyl adjacent to an activating group) is 1. The van der Waals surface area contributed by atoms with E-state index in [1.165, 1.54) is 13.0 Å². The number of nitrogens with one attached hydrogen (secondary N) is 2. The highest BCUT2D eigenvalue weighted by Crippen LogP contribution is 2.13. The predicted octanol–water partition coefficient (Wildman–Crippen LogP) is 0.0635. The van der Waals surface area contributed by atoms with Crippen molar-refractivity contribution in [3.63, 3.8) is 0 Å². The molecule has 0 fully saturated rings. The molecule has 1 aromatic rings. The van der Waals surface area contributed by atoms with Gasteiger partial charge in [-0.2, -0.15) is 0 Å². The third-order valence-corrected chi connectivity index (χ3v) is 2.78. The van der Waals surface area contributed by atoms with Gasteiger partial charge in [0.05, 0.1) is 6.54 Å². The van der Waals surface area contributed by atoms with Crippen molar-refractivity contribution < 1.29 is 28.7 Å². The van der Waals surface area contributed by atoms with Crippen LogP contribution in [0.3, 0.4) is 0 Å². The summed E-state index contributed by atoms with van der Waals surface area (Å²) in [6.07, 6.45) is 0. The van der Waals surface area contributed by atoms with Crippen LogP contribution < -0.4 is 15.4 Å². The molecule has 2 N–H and O–H groups in total. The Bertz CT molecular complexity index is 614. The Hall–Kier alpha value is -2.90. The van der Waals surface area contributed by atoms with Gasteiger partial charge in [0.15, 0.2) is 19.0 Å². The van der Waals surface area contributed by atoms with Crippen molar-refractivity contribution in [2.45, 2.75) is 13.8 Å². The molecule has 0 heterocycles. The minimum absolute atomic E-state index is 0.119. The molecule has 0 atom stereocenters. The summed E-state index contributed by atoms with van der Waals surface area (Å²) in [5, 5.41) is 4.82. The number of hydrogen-bond donors (Lipinski definition) is 2. The second-order valence-corrected chi connectivity index (χ2v) is 4.76. The average Bonchev–Trinajstić information content (AvgIpc) is 2.56. The first-order valence-corrected chi connectivity index (χ1v) is 7.35. The van der Waals surface area contributed by atoms with Gasteiger partial charge in [-0.3, -0.25) is 14.4 Å². The predicted molar refractivity (Wildman–Crippen MR) is 84.6 cm³/mol. The minimum Gasteiger partial charge on any atom is -0.482 e. The van der Waals surface area contributed by atoms with Crippen LogP contribution in [0.5, 0.6) is 5.75 Å². The molecule has 24 heavy (non-hydrogen) atoms. The number of hydrogen-bond acceptors (Lipinski definition) is 6. The van der Waals surface area contributed by atoms with Crippen LogP contribution in [0.1, 0.15) is 24.2 Å². The molecule has 130 valence electrons. The molecule has 0 saturated carbocycles. The Morgan fingerprint density at radius 1 is 1.04 bits per heavy atom. The van der Waals surface area contributed by atoms with Crippen molar-refractivity contribution in [1.29, 1.82) is 0 Å². The van der Waals surface area contributed by atoms with Crippen LogP contribution >= 0.6 is 0 Å². The standard InChI is InChI=1S/C16H20N2O6/c1-3-17-14(20)8-18-15(21)9-24-16(22)10-23-13-6-4-5-12(7-13)11(2)19/h4-7H,3,8-10H2,1-2H3,(H,17,20)(H,18,21). The summed E-state index contributed by atoms with van der Waals surface area (Å²) in [5.41, 5.74) is 0.464. The number of carbonyl (C=O) groups is 4. The van der Waals surface area contributed by atoms with Crippen molar-refractivity contribution in [2.75, 3.05) is 26.3 Å². The van der Waals surface area contributed by atoms with Crippen LogP contribution in [-0.2, 0) is 19.1 Å². The largest absolute Gasteiger partial charge is 0.482 e. The Morgan fingerprint density at radius 3 is 2.46 bits per heavy atom. The maximum Gasteiger partial charge on any atom is 0.344 e. The van der Waals surface area contributed by atoms with Crippen molar-refractivity contribution in [2.24, 2.45) is 0 Å². The highest BCUT2D eigenvalue weighted by Gasteiger charge is 2.10. The van der Waals surface area contributed by atoms with Gasteiger partial charge in [0.2, 0.25) is 5.91 Å². The fourth-order valence-corrected chi connectivity index (χ4v) is 1.62. The fourth-order valence-electron chi connectivity index (χ4n) is 1.62. The molecular weight excluding hydrogens is 316 g/mol. The Kier molecular flexibility index (Phi) is 7.97. The summed E-state index contributed by atoms with van der Waals surface area (Å²) in [7, 11) is 0. The summed E-state index contributed by atoms with van der Waals surface area (Å²) in [4.78, 5) is 45.3. The number of rotatable bonds is 9. The highest BCUT2D eigenvalue weighted by atomic mass is 16.6. The third-order valence-electron chi connectivity index (χ3n) is 2.78. The lowest BCUT2D eigenvalue weighted by atomic mass is 10.1. The minimum atomic E-state index is -0.739. The highest BCUT2D eigenvalue weighted by molar-refractivity contribution is 5.94.